The standard InChI is InChI=1S/C10H20N2O3S/c1-2-8-7-12(6-5-10(8)13)16(14,15)11-9-3-4-9/h8-11,13H,2-7H2,1H3. The Morgan fingerprint density at radius 2 is 2.06 bits per heavy atom. The lowest BCUT2D eigenvalue weighted by Gasteiger charge is -2.34. The van der Waals surface area contributed by atoms with Crippen LogP contribution in [0.1, 0.15) is 32.6 Å². The van der Waals surface area contributed by atoms with Crippen molar-refractivity contribution in [1.29, 1.82) is 0 Å². The molecule has 2 unspecified atom stereocenters. The van der Waals surface area contributed by atoms with E-state index < -0.39 is 10.2 Å². The fourth-order valence-electron chi connectivity index (χ4n) is 2.09. The molecule has 16 heavy (non-hydrogen) atoms. The minimum atomic E-state index is -3.31. The lowest BCUT2D eigenvalue weighted by Crippen LogP contribution is -2.50. The predicted molar refractivity (Wildman–Crippen MR) is 61.1 cm³/mol. The van der Waals surface area contributed by atoms with Crippen molar-refractivity contribution in [2.24, 2.45) is 5.92 Å². The first-order valence-corrected chi connectivity index (χ1v) is 7.42. The Kier molecular flexibility index (Phi) is 3.53. The van der Waals surface area contributed by atoms with Crippen molar-refractivity contribution in [3.8, 4) is 0 Å². The van der Waals surface area contributed by atoms with Gasteiger partial charge in [-0.05, 0) is 31.6 Å². The van der Waals surface area contributed by atoms with E-state index in [9.17, 15) is 13.5 Å². The number of aliphatic hydroxyl groups excluding tert-OH is 1. The van der Waals surface area contributed by atoms with Crippen LogP contribution in [-0.2, 0) is 10.2 Å². The van der Waals surface area contributed by atoms with Crippen LogP contribution in [0.2, 0.25) is 0 Å². The van der Waals surface area contributed by atoms with Gasteiger partial charge in [-0.25, -0.2) is 0 Å². The summed E-state index contributed by atoms with van der Waals surface area (Å²) in [6.45, 7) is 2.86. The van der Waals surface area contributed by atoms with Gasteiger partial charge < -0.3 is 5.11 Å². The van der Waals surface area contributed by atoms with Crippen molar-refractivity contribution < 1.29 is 13.5 Å². The average molecular weight is 248 g/mol. The van der Waals surface area contributed by atoms with Gasteiger partial charge in [-0.1, -0.05) is 6.92 Å². The molecule has 2 atom stereocenters. The second-order valence-corrected chi connectivity index (χ2v) is 6.48. The molecular formula is C10H20N2O3S. The number of nitrogens with zero attached hydrogens (tertiary/aromatic N) is 1. The number of aliphatic hydroxyl groups is 1. The van der Waals surface area contributed by atoms with Gasteiger partial charge in [0.15, 0.2) is 0 Å². The molecule has 6 heteroatoms. The van der Waals surface area contributed by atoms with Gasteiger partial charge in [0.25, 0.3) is 10.2 Å². The van der Waals surface area contributed by atoms with Crippen molar-refractivity contribution in [1.82, 2.24) is 9.03 Å². The molecule has 0 bridgehead atoms. The molecule has 0 aromatic carbocycles. The van der Waals surface area contributed by atoms with E-state index in [0.717, 1.165) is 19.3 Å². The molecule has 0 aromatic rings. The molecule has 2 fully saturated rings. The molecule has 1 aliphatic carbocycles. The second kappa shape index (κ2) is 4.60. The highest BCUT2D eigenvalue weighted by Gasteiger charge is 2.36. The Bertz CT molecular complexity index is 340. The third-order valence-electron chi connectivity index (χ3n) is 3.41. The highest BCUT2D eigenvalue weighted by atomic mass is 32.2. The molecular weight excluding hydrogens is 228 g/mol. The van der Waals surface area contributed by atoms with Crippen molar-refractivity contribution in [3.63, 3.8) is 0 Å². The summed E-state index contributed by atoms with van der Waals surface area (Å²) < 4.78 is 28.0. The molecule has 5 nitrogen and oxygen atoms in total. The van der Waals surface area contributed by atoms with Gasteiger partial charge in [0.05, 0.1) is 6.10 Å². The van der Waals surface area contributed by atoms with Gasteiger partial charge in [0, 0.05) is 19.1 Å². The summed E-state index contributed by atoms with van der Waals surface area (Å²) in [6.07, 6.45) is 2.91. The van der Waals surface area contributed by atoms with Gasteiger partial charge in [-0.2, -0.15) is 17.4 Å². The van der Waals surface area contributed by atoms with Gasteiger partial charge in [-0.15, -0.1) is 0 Å². The Morgan fingerprint density at radius 3 is 2.62 bits per heavy atom. The first kappa shape index (κ1) is 12.3. The number of rotatable bonds is 4. The highest BCUT2D eigenvalue weighted by molar-refractivity contribution is 7.87. The maximum Gasteiger partial charge on any atom is 0.279 e. The van der Waals surface area contributed by atoms with Crippen molar-refractivity contribution >= 4 is 10.2 Å². The van der Waals surface area contributed by atoms with Gasteiger partial charge in [0.1, 0.15) is 0 Å². The third kappa shape index (κ3) is 2.74. The van der Waals surface area contributed by atoms with Crippen molar-refractivity contribution in [3.05, 3.63) is 0 Å². The van der Waals surface area contributed by atoms with E-state index in [-0.39, 0.29) is 18.1 Å². The molecule has 2 rings (SSSR count). The third-order valence-corrected chi connectivity index (χ3v) is 5.06. The molecule has 0 aromatic heterocycles. The molecule has 1 saturated carbocycles. The van der Waals surface area contributed by atoms with E-state index in [2.05, 4.69) is 4.72 Å². The zero-order valence-corrected chi connectivity index (χ0v) is 10.4. The summed E-state index contributed by atoms with van der Waals surface area (Å²) in [5, 5.41) is 9.70. The first-order chi connectivity index (χ1) is 7.53. The van der Waals surface area contributed by atoms with Crippen molar-refractivity contribution in [2.45, 2.75) is 44.8 Å². The molecule has 1 saturated heterocycles. The molecule has 2 aliphatic rings. The summed E-state index contributed by atoms with van der Waals surface area (Å²) in [7, 11) is -3.31. The van der Waals surface area contributed by atoms with Crippen LogP contribution in [0.5, 0.6) is 0 Å². The Hall–Kier alpha value is -0.170. The summed E-state index contributed by atoms with van der Waals surface area (Å²) >= 11 is 0. The number of hydrogen-bond acceptors (Lipinski definition) is 3. The summed E-state index contributed by atoms with van der Waals surface area (Å²) in [5.74, 6) is 0.0736. The molecule has 0 radical (unpaired) electrons. The van der Waals surface area contributed by atoms with Crippen LogP contribution >= 0.6 is 0 Å². The van der Waals surface area contributed by atoms with E-state index >= 15 is 0 Å². The normalized spacial score (nSPS) is 32.9. The monoisotopic (exact) mass is 248 g/mol. The van der Waals surface area contributed by atoms with Crippen LogP contribution < -0.4 is 4.72 Å². The van der Waals surface area contributed by atoms with Crippen LogP contribution in [0.3, 0.4) is 0 Å². The molecule has 0 amide bonds. The largest absolute Gasteiger partial charge is 0.393 e. The van der Waals surface area contributed by atoms with Gasteiger partial charge >= 0.3 is 0 Å². The number of hydrogen-bond donors (Lipinski definition) is 2. The van der Waals surface area contributed by atoms with Gasteiger partial charge in [-0.3, -0.25) is 0 Å². The van der Waals surface area contributed by atoms with E-state index in [1.165, 1.54) is 4.31 Å². The lowest BCUT2D eigenvalue weighted by molar-refractivity contribution is 0.0517. The molecule has 1 aliphatic heterocycles. The smallest absolute Gasteiger partial charge is 0.279 e. The van der Waals surface area contributed by atoms with Crippen LogP contribution in [-0.4, -0.2) is 43.1 Å². The van der Waals surface area contributed by atoms with E-state index in [1.54, 1.807) is 0 Å². The summed E-state index contributed by atoms with van der Waals surface area (Å²) in [5.41, 5.74) is 0. The van der Waals surface area contributed by atoms with E-state index in [4.69, 9.17) is 0 Å². The Balaban J connectivity index is 1.98. The second-order valence-electron chi connectivity index (χ2n) is 4.78. The maximum absolute atomic E-state index is 11.9. The first-order valence-electron chi connectivity index (χ1n) is 5.98. The van der Waals surface area contributed by atoms with Crippen molar-refractivity contribution in [2.75, 3.05) is 13.1 Å². The van der Waals surface area contributed by atoms with Crippen LogP contribution in [0, 0.1) is 5.92 Å². The fourth-order valence-corrected chi connectivity index (χ4v) is 3.63. The van der Waals surface area contributed by atoms with E-state index in [1.807, 2.05) is 6.92 Å². The molecule has 94 valence electrons. The lowest BCUT2D eigenvalue weighted by atomic mass is 9.94. The SMILES string of the molecule is CCC1CN(S(=O)(=O)NC2CC2)CCC1O. The zero-order valence-electron chi connectivity index (χ0n) is 9.59. The zero-order chi connectivity index (χ0) is 11.8. The number of nitrogens with one attached hydrogen (secondary N) is 1. The van der Waals surface area contributed by atoms with Crippen LogP contribution in [0.25, 0.3) is 0 Å². The highest BCUT2D eigenvalue weighted by Crippen LogP contribution is 2.24. The van der Waals surface area contributed by atoms with Crippen LogP contribution in [0.15, 0.2) is 0 Å². The van der Waals surface area contributed by atoms with Crippen LogP contribution in [0.4, 0.5) is 0 Å². The molecule has 0 spiro atoms. The predicted octanol–water partition coefficient (Wildman–Crippen LogP) is 0.0760. The summed E-state index contributed by atoms with van der Waals surface area (Å²) in [6, 6.07) is 0.150. The number of piperidine rings is 1. The molecule has 1 heterocycles. The maximum atomic E-state index is 11.9. The molecule has 2 N–H and O–H groups in total. The quantitative estimate of drug-likeness (QED) is 0.740. The summed E-state index contributed by atoms with van der Waals surface area (Å²) in [4.78, 5) is 0. The Morgan fingerprint density at radius 1 is 1.38 bits per heavy atom. The van der Waals surface area contributed by atoms with E-state index in [0.29, 0.717) is 19.5 Å². The minimum absolute atomic E-state index is 0.0736. The minimum Gasteiger partial charge on any atom is -0.393 e. The van der Waals surface area contributed by atoms with Gasteiger partial charge in [0.2, 0.25) is 0 Å². The topological polar surface area (TPSA) is 69.6 Å². The Labute approximate surface area is 97.0 Å². The average Bonchev–Trinajstić information content (AvgIpc) is 3.01. The fraction of sp³-hybridized carbons (Fsp3) is 1.00.